The third kappa shape index (κ3) is 4.57. The summed E-state index contributed by atoms with van der Waals surface area (Å²) in [6, 6.07) is 7.28. The second-order valence-corrected chi connectivity index (χ2v) is 5.18. The molecule has 0 bridgehead atoms. The van der Waals surface area contributed by atoms with Crippen LogP contribution in [0.1, 0.15) is 17.9 Å². The average Bonchev–Trinajstić information content (AvgIpc) is 2.29. The van der Waals surface area contributed by atoms with Gasteiger partial charge in [0.1, 0.15) is 5.92 Å². The normalized spacial score (nSPS) is 13.3. The van der Waals surface area contributed by atoms with Gasteiger partial charge in [-0.05, 0) is 17.7 Å². The first kappa shape index (κ1) is 15.4. The van der Waals surface area contributed by atoms with E-state index in [4.69, 9.17) is 0 Å². The van der Waals surface area contributed by atoms with Crippen LogP contribution >= 0.6 is 24.4 Å². The van der Waals surface area contributed by atoms with Gasteiger partial charge in [-0.2, -0.15) is 25.8 Å². The Morgan fingerprint density at radius 1 is 1.28 bits per heavy atom. The minimum atomic E-state index is -4.55. The van der Waals surface area contributed by atoms with E-state index < -0.39 is 17.2 Å². The van der Waals surface area contributed by atoms with Crippen molar-refractivity contribution < 1.29 is 18.0 Å². The number of halogens is 3. The lowest BCUT2D eigenvalue weighted by atomic mass is 10.0. The average molecular weight is 294 g/mol. The lowest BCUT2D eigenvalue weighted by Gasteiger charge is -2.18. The summed E-state index contributed by atoms with van der Waals surface area (Å²) < 4.78 is 38.7. The van der Waals surface area contributed by atoms with E-state index >= 15 is 0 Å². The highest BCUT2D eigenvalue weighted by Crippen LogP contribution is 2.38. The summed E-state index contributed by atoms with van der Waals surface area (Å²) in [6.45, 7) is 0. The summed E-state index contributed by atoms with van der Waals surface area (Å²) in [5.74, 6) is -1.12. The van der Waals surface area contributed by atoms with Gasteiger partial charge in [-0.15, -0.1) is 0 Å². The first-order valence-electron chi connectivity index (χ1n) is 5.36. The Morgan fingerprint density at radius 3 is 2.39 bits per heavy atom. The molecule has 0 heterocycles. The van der Waals surface area contributed by atoms with Crippen molar-refractivity contribution in [3.63, 3.8) is 0 Å². The maximum absolute atomic E-state index is 12.9. The molecule has 1 nitrogen and oxygen atoms in total. The SMILES string of the molecule is O=C(SCCCS)C(c1ccccc1)C(F)(F)F. The Morgan fingerprint density at radius 2 is 1.89 bits per heavy atom. The number of hydrogen-bond acceptors (Lipinski definition) is 3. The van der Waals surface area contributed by atoms with E-state index in [0.717, 1.165) is 11.8 Å². The molecule has 0 aromatic heterocycles. The van der Waals surface area contributed by atoms with Gasteiger partial charge in [0, 0.05) is 5.75 Å². The summed E-state index contributed by atoms with van der Waals surface area (Å²) in [6.07, 6.45) is -3.94. The zero-order chi connectivity index (χ0) is 13.6. The Balaban J connectivity index is 2.83. The van der Waals surface area contributed by atoms with Gasteiger partial charge in [-0.25, -0.2) is 0 Å². The Hall–Kier alpha value is -0.620. The highest BCUT2D eigenvalue weighted by molar-refractivity contribution is 8.13. The maximum Gasteiger partial charge on any atom is 0.403 e. The molecule has 1 unspecified atom stereocenters. The molecule has 1 rings (SSSR count). The van der Waals surface area contributed by atoms with Crippen molar-refractivity contribution in [3.05, 3.63) is 35.9 Å². The number of carbonyl (C=O) groups excluding carboxylic acids is 1. The van der Waals surface area contributed by atoms with Gasteiger partial charge in [0.15, 0.2) is 0 Å². The molecule has 0 aliphatic carbocycles. The summed E-state index contributed by atoms with van der Waals surface area (Å²) >= 11 is 4.68. The summed E-state index contributed by atoms with van der Waals surface area (Å²) in [7, 11) is 0. The van der Waals surface area contributed by atoms with Gasteiger partial charge in [-0.1, -0.05) is 42.1 Å². The third-order valence-electron chi connectivity index (χ3n) is 2.24. The van der Waals surface area contributed by atoms with Gasteiger partial charge in [-0.3, -0.25) is 4.79 Å². The van der Waals surface area contributed by atoms with Crippen LogP contribution in [0, 0.1) is 0 Å². The lowest BCUT2D eigenvalue weighted by molar-refractivity contribution is -0.158. The highest BCUT2D eigenvalue weighted by atomic mass is 32.2. The molecular formula is C12H13F3OS2. The molecule has 1 atom stereocenters. The molecular weight excluding hydrogens is 281 g/mol. The number of hydrogen-bond donors (Lipinski definition) is 1. The van der Waals surface area contributed by atoms with Crippen LogP contribution in [0.4, 0.5) is 13.2 Å². The van der Waals surface area contributed by atoms with Gasteiger partial charge >= 0.3 is 6.18 Å². The van der Waals surface area contributed by atoms with E-state index in [1.165, 1.54) is 24.3 Å². The molecule has 0 fully saturated rings. The number of benzene rings is 1. The summed E-state index contributed by atoms with van der Waals surface area (Å²) in [5.41, 5.74) is -0.00614. The fourth-order valence-corrected chi connectivity index (χ4v) is 2.72. The molecule has 0 aliphatic heterocycles. The van der Waals surface area contributed by atoms with Crippen molar-refractivity contribution >= 4 is 29.5 Å². The van der Waals surface area contributed by atoms with E-state index in [2.05, 4.69) is 12.6 Å². The first-order chi connectivity index (χ1) is 8.46. The minimum Gasteiger partial charge on any atom is -0.286 e. The quantitative estimate of drug-likeness (QED) is 0.655. The molecule has 0 radical (unpaired) electrons. The zero-order valence-electron chi connectivity index (χ0n) is 9.48. The van der Waals surface area contributed by atoms with Gasteiger partial charge in [0.25, 0.3) is 0 Å². The molecule has 0 N–H and O–H groups in total. The number of thiol groups is 1. The Bertz CT molecular complexity index is 379. The van der Waals surface area contributed by atoms with Crippen molar-refractivity contribution in [3.8, 4) is 0 Å². The second-order valence-electron chi connectivity index (χ2n) is 3.63. The van der Waals surface area contributed by atoms with Crippen molar-refractivity contribution in [2.75, 3.05) is 11.5 Å². The first-order valence-corrected chi connectivity index (χ1v) is 6.97. The number of rotatable bonds is 5. The molecule has 0 aliphatic rings. The molecule has 0 saturated carbocycles. The van der Waals surface area contributed by atoms with Crippen molar-refractivity contribution in [2.45, 2.75) is 18.5 Å². The van der Waals surface area contributed by atoms with E-state index in [1.54, 1.807) is 6.07 Å². The van der Waals surface area contributed by atoms with Crippen molar-refractivity contribution in [2.24, 2.45) is 0 Å². The minimum absolute atomic E-state index is 0.00614. The van der Waals surface area contributed by atoms with Crippen LogP contribution < -0.4 is 0 Å². The second kappa shape index (κ2) is 7.09. The van der Waals surface area contributed by atoms with E-state index in [9.17, 15) is 18.0 Å². The number of carbonyl (C=O) groups is 1. The molecule has 1 aromatic carbocycles. The largest absolute Gasteiger partial charge is 0.403 e. The van der Waals surface area contributed by atoms with Crippen molar-refractivity contribution in [1.82, 2.24) is 0 Å². The topological polar surface area (TPSA) is 17.1 Å². The highest BCUT2D eigenvalue weighted by Gasteiger charge is 2.45. The zero-order valence-corrected chi connectivity index (χ0v) is 11.2. The van der Waals surface area contributed by atoms with Gasteiger partial charge in [0.2, 0.25) is 5.12 Å². The third-order valence-corrected chi connectivity index (χ3v) is 3.57. The van der Waals surface area contributed by atoms with Crippen LogP contribution in [0.15, 0.2) is 30.3 Å². The van der Waals surface area contributed by atoms with E-state index in [1.807, 2.05) is 0 Å². The van der Waals surface area contributed by atoms with Crippen molar-refractivity contribution in [1.29, 1.82) is 0 Å². The number of alkyl halides is 3. The standard InChI is InChI=1S/C12H13F3OS2/c13-12(14,15)10(9-5-2-1-3-6-9)11(16)18-8-4-7-17/h1-3,5-6,10,17H,4,7-8H2. The predicted octanol–water partition coefficient (Wildman–Crippen LogP) is 3.91. The van der Waals surface area contributed by atoms with Crippen LogP contribution in [0.3, 0.4) is 0 Å². The van der Waals surface area contributed by atoms with Crippen LogP contribution in [-0.2, 0) is 4.79 Å². The Labute approximate surface area is 114 Å². The van der Waals surface area contributed by atoms with Crippen LogP contribution in [0.5, 0.6) is 0 Å². The van der Waals surface area contributed by atoms with E-state index in [-0.39, 0.29) is 5.56 Å². The van der Waals surface area contributed by atoms with Gasteiger partial charge in [0.05, 0.1) is 0 Å². The molecule has 6 heteroatoms. The molecule has 18 heavy (non-hydrogen) atoms. The predicted molar refractivity (Wildman–Crippen MR) is 71.2 cm³/mol. The smallest absolute Gasteiger partial charge is 0.286 e. The van der Waals surface area contributed by atoms with Crippen LogP contribution in [0.2, 0.25) is 0 Å². The summed E-state index contributed by atoms with van der Waals surface area (Å²) in [5, 5.41) is -0.851. The summed E-state index contributed by atoms with van der Waals surface area (Å²) in [4.78, 5) is 11.7. The Kier molecular flexibility index (Phi) is 6.08. The fourth-order valence-electron chi connectivity index (χ4n) is 1.42. The lowest BCUT2D eigenvalue weighted by Crippen LogP contribution is -2.27. The fraction of sp³-hybridized carbons (Fsp3) is 0.417. The van der Waals surface area contributed by atoms with Crippen LogP contribution in [0.25, 0.3) is 0 Å². The molecule has 0 amide bonds. The maximum atomic E-state index is 12.9. The van der Waals surface area contributed by atoms with Crippen LogP contribution in [-0.4, -0.2) is 22.8 Å². The van der Waals surface area contributed by atoms with Gasteiger partial charge < -0.3 is 0 Å². The number of thioether (sulfide) groups is 1. The monoisotopic (exact) mass is 294 g/mol. The molecule has 1 aromatic rings. The molecule has 100 valence electrons. The molecule has 0 spiro atoms. The molecule has 0 saturated heterocycles. The van der Waals surface area contributed by atoms with E-state index in [0.29, 0.717) is 17.9 Å².